The van der Waals surface area contributed by atoms with Crippen molar-refractivity contribution in [3.63, 3.8) is 0 Å². The minimum atomic E-state index is -0.227. The average molecular weight is 1760 g/mol. The zero-order valence-electron chi connectivity index (χ0n) is 71.4. The van der Waals surface area contributed by atoms with E-state index in [2.05, 4.69) is 51.0 Å². The number of aliphatic hydroxyl groups is 5. The maximum absolute atomic E-state index is 12.3. The lowest BCUT2D eigenvalue weighted by atomic mass is 10.0. The molecule has 0 bridgehead atoms. The summed E-state index contributed by atoms with van der Waals surface area (Å²) in [6.45, 7) is 9.37. The van der Waals surface area contributed by atoms with Gasteiger partial charge in [-0.2, -0.15) is 25.5 Å². The number of H-pyrrole nitrogens is 5. The molecule has 652 valence electrons. The molecule has 0 atom stereocenters. The third-order valence-corrected chi connectivity index (χ3v) is 21.0. The Bertz CT molecular complexity index is 6550. The number of ether oxygens (including phenoxy) is 4. The fourth-order valence-electron chi connectivity index (χ4n) is 12.9. The van der Waals surface area contributed by atoms with E-state index in [1.165, 1.54) is 31.4 Å². The molecule has 0 amide bonds. The van der Waals surface area contributed by atoms with E-state index in [1.54, 1.807) is 116 Å². The van der Waals surface area contributed by atoms with E-state index in [1.807, 2.05) is 198 Å². The van der Waals surface area contributed by atoms with Crippen LogP contribution in [0.5, 0.6) is 23.0 Å². The predicted molar refractivity (Wildman–Crippen MR) is 502 cm³/mol. The molecule has 6 heterocycles. The van der Waals surface area contributed by atoms with Crippen molar-refractivity contribution in [2.24, 2.45) is 0 Å². The third-order valence-electron chi connectivity index (χ3n) is 20.3. The maximum Gasteiger partial charge on any atom is 0.231 e. The lowest BCUT2D eigenvalue weighted by Gasteiger charge is -2.12. The van der Waals surface area contributed by atoms with Crippen molar-refractivity contribution < 1.29 is 68.5 Å². The first-order valence-corrected chi connectivity index (χ1v) is 41.3. The van der Waals surface area contributed by atoms with Crippen molar-refractivity contribution in [3.05, 3.63) is 389 Å². The van der Waals surface area contributed by atoms with Crippen LogP contribution in [0.4, 0.5) is 0 Å². The van der Waals surface area contributed by atoms with Gasteiger partial charge >= 0.3 is 0 Å². The standard InChI is InChI=1S/C22H22N2O4.2C21H20N2O3.C20H16N2O3.C19H14Cl2N2O/c1-14-3-5-15(6-4-14)21(27)8-7-18-11-20(24-23-18)16-9-17(12-25)19(13-26)22(10-16)28-2;1-14-3-5-16(6-4-14)21(25)8-7-18-12-20(23-22-18)17-9-15(13-24)10-19(11-17)26-2;1-14-2-4-15(5-3-14)21(26)9-8-19-11-20(23-22-19)16-6-7-17(12-24)18(10-16)13-25;1-13-2-4-14(5-3-13)18(23)8-7-16-11-17(22-21-16)15-6-9-19-20(10-15)25-12-24-19;1-12-2-4-13(5-3-12)19(24)9-7-15-11-18(23-22-15)14-6-8-16(20)17(21)10-14/h3-11,25-26H,12-13H2,1-2H3,(H,23,24);3-12,24H,13H2,1-2H3,(H,22,23);2-11,24-25H,12-13H2,1H3,(H,22,23);2-11H,12H2,1H3,(H,21,22);2-11H,1H3,(H,22,23)/b2*8-7+;9-8+;8-7+;9-7+. The molecule has 0 spiro atoms. The van der Waals surface area contributed by atoms with Gasteiger partial charge in [0.2, 0.25) is 6.79 Å². The number of fused-ring (bicyclic) bond motifs is 1. The number of benzene rings is 10. The van der Waals surface area contributed by atoms with Crippen LogP contribution in [0.15, 0.2) is 267 Å². The van der Waals surface area contributed by atoms with Gasteiger partial charge in [-0.05, 0) is 215 Å². The van der Waals surface area contributed by atoms with Crippen molar-refractivity contribution in [2.75, 3.05) is 21.0 Å². The highest BCUT2D eigenvalue weighted by molar-refractivity contribution is 6.42. The Morgan fingerprint density at radius 1 is 0.326 bits per heavy atom. The van der Waals surface area contributed by atoms with E-state index in [0.717, 1.165) is 89.7 Å². The van der Waals surface area contributed by atoms with Crippen LogP contribution >= 0.6 is 23.2 Å². The molecule has 0 aliphatic carbocycles. The number of aromatic amines is 5. The summed E-state index contributed by atoms with van der Waals surface area (Å²) in [5.74, 6) is 2.27. The number of aryl methyl sites for hydroxylation is 5. The van der Waals surface area contributed by atoms with E-state index >= 15 is 0 Å². The fraction of sp³-hybridized carbons (Fsp3) is 0.126. The number of nitrogens with zero attached hydrogens (tertiary/aromatic N) is 5. The van der Waals surface area contributed by atoms with E-state index in [0.29, 0.717) is 112 Å². The molecule has 10 N–H and O–H groups in total. The number of ketones is 5. The summed E-state index contributed by atoms with van der Waals surface area (Å²) in [4.78, 5) is 61.0. The van der Waals surface area contributed by atoms with Crippen molar-refractivity contribution in [1.29, 1.82) is 0 Å². The van der Waals surface area contributed by atoms with Gasteiger partial charge < -0.3 is 44.5 Å². The summed E-state index contributed by atoms with van der Waals surface area (Å²) in [5.41, 5.74) is 23.3. The molecule has 129 heavy (non-hydrogen) atoms. The van der Waals surface area contributed by atoms with Crippen molar-refractivity contribution in [1.82, 2.24) is 51.0 Å². The van der Waals surface area contributed by atoms with Crippen LogP contribution in [0.3, 0.4) is 0 Å². The molecule has 10 aromatic carbocycles. The molecule has 0 saturated heterocycles. The van der Waals surface area contributed by atoms with Gasteiger partial charge in [0, 0.05) is 61.2 Å². The van der Waals surface area contributed by atoms with Crippen molar-refractivity contribution in [3.8, 4) is 79.3 Å². The van der Waals surface area contributed by atoms with Crippen molar-refractivity contribution >= 4 is 82.5 Å². The Labute approximate surface area is 754 Å². The number of aliphatic hydroxyl groups excluding tert-OH is 5. The van der Waals surface area contributed by atoms with Gasteiger partial charge in [-0.25, -0.2) is 0 Å². The smallest absolute Gasteiger partial charge is 0.231 e. The molecular formula is C103H92Cl2N10O14. The second-order valence-electron chi connectivity index (χ2n) is 29.7. The average Bonchev–Trinajstić information content (AvgIpc) is 1.76. The van der Waals surface area contributed by atoms with Gasteiger partial charge in [0.1, 0.15) is 11.5 Å². The van der Waals surface area contributed by atoms with Gasteiger partial charge in [-0.15, -0.1) is 0 Å². The second-order valence-corrected chi connectivity index (χ2v) is 30.5. The summed E-state index contributed by atoms with van der Waals surface area (Å²) in [6.07, 6.45) is 16.1. The number of hydrogen-bond donors (Lipinski definition) is 10. The van der Waals surface area contributed by atoms with Crippen LogP contribution in [0.1, 0.15) is 136 Å². The monoisotopic (exact) mass is 1760 g/mol. The number of aromatic nitrogens is 10. The number of hydrogen-bond acceptors (Lipinski definition) is 19. The SMILES string of the molecule is COc1cc(-c2cc(/C=C/C(=O)c3ccc(C)cc3)[nH]n2)cc(CO)c1CO.COc1cc(CO)cc(-c2cc(/C=C/C(=O)c3ccc(C)cc3)[nH]n2)c1.Cc1ccc(C(=O)/C=C/c2cc(-c3ccc(CO)c(CO)c3)n[nH]2)cc1.Cc1ccc(C(=O)/C=C/c2cc(-c3ccc(Cl)c(Cl)c3)n[nH]2)cc1.Cc1ccc(C(=O)/C=C/c2cc(-c3ccc4c(c3)OCO4)n[nH]2)cc1. The van der Waals surface area contributed by atoms with Gasteiger partial charge in [0.15, 0.2) is 40.4 Å². The largest absolute Gasteiger partial charge is 0.497 e. The summed E-state index contributed by atoms with van der Waals surface area (Å²) >= 11 is 11.9. The maximum atomic E-state index is 12.3. The zero-order chi connectivity index (χ0) is 91.5. The summed E-state index contributed by atoms with van der Waals surface area (Å²) in [7, 11) is 3.09. The molecular weight excluding hydrogens is 1670 g/mol. The molecule has 26 heteroatoms. The Balaban J connectivity index is 0.000000146. The number of carbonyl (C=O) groups is 5. The quantitative estimate of drug-likeness (QED) is 0.0169. The summed E-state index contributed by atoms with van der Waals surface area (Å²) < 4.78 is 21.3. The lowest BCUT2D eigenvalue weighted by Crippen LogP contribution is -1.99. The summed E-state index contributed by atoms with van der Waals surface area (Å²) in [5, 5.41) is 83.9. The van der Waals surface area contributed by atoms with E-state index in [9.17, 15) is 49.5 Å². The predicted octanol–water partition coefficient (Wildman–Crippen LogP) is 19.9. The van der Waals surface area contributed by atoms with Gasteiger partial charge in [-0.3, -0.25) is 49.5 Å². The topological polar surface area (TPSA) is 367 Å². The number of nitrogens with one attached hydrogen (secondary N) is 5. The molecule has 15 aromatic rings. The minimum Gasteiger partial charge on any atom is -0.497 e. The number of carbonyl (C=O) groups excluding carboxylic acids is 5. The first kappa shape index (κ1) is 93.0. The van der Waals surface area contributed by atoms with Crippen LogP contribution in [0.25, 0.3) is 86.7 Å². The van der Waals surface area contributed by atoms with Gasteiger partial charge in [0.05, 0.1) is 114 Å². The molecule has 5 aromatic heterocycles. The number of allylic oxidation sites excluding steroid dienone is 5. The summed E-state index contributed by atoms with van der Waals surface area (Å²) in [6, 6.07) is 71.8. The molecule has 16 rings (SSSR count). The molecule has 1 aliphatic heterocycles. The van der Waals surface area contributed by atoms with E-state index in [-0.39, 0.29) is 68.7 Å². The Kier molecular flexibility index (Phi) is 32.6. The van der Waals surface area contributed by atoms with Crippen LogP contribution in [0.2, 0.25) is 10.0 Å². The Morgan fingerprint density at radius 3 is 1.01 bits per heavy atom. The second kappa shape index (κ2) is 45.2. The number of methoxy groups -OCH3 is 2. The highest BCUT2D eigenvalue weighted by atomic mass is 35.5. The highest BCUT2D eigenvalue weighted by Gasteiger charge is 2.19. The molecule has 1 aliphatic rings. The normalized spacial score (nSPS) is 11.4. The van der Waals surface area contributed by atoms with Crippen LogP contribution in [-0.4, -0.2) is 126 Å². The molecule has 0 saturated carbocycles. The van der Waals surface area contributed by atoms with Gasteiger partial charge in [-0.1, -0.05) is 191 Å². The van der Waals surface area contributed by atoms with Crippen molar-refractivity contribution in [2.45, 2.75) is 67.7 Å². The minimum absolute atomic E-state index is 0.0424. The number of halogens is 2. The highest BCUT2D eigenvalue weighted by Crippen LogP contribution is 2.37. The molecule has 0 fully saturated rings. The first-order chi connectivity index (χ1) is 62.4. The number of rotatable bonds is 27. The third kappa shape index (κ3) is 25.8. The van der Waals surface area contributed by atoms with Crippen LogP contribution < -0.4 is 18.9 Å². The van der Waals surface area contributed by atoms with E-state index < -0.39 is 0 Å². The van der Waals surface area contributed by atoms with E-state index in [4.69, 9.17) is 42.1 Å². The van der Waals surface area contributed by atoms with Gasteiger partial charge in [0.25, 0.3) is 0 Å². The lowest BCUT2D eigenvalue weighted by molar-refractivity contribution is 0.103. The van der Waals surface area contributed by atoms with Crippen LogP contribution in [-0.2, 0) is 33.0 Å². The first-order valence-electron chi connectivity index (χ1n) is 40.6. The molecule has 0 radical (unpaired) electrons. The Morgan fingerprint density at radius 2 is 0.659 bits per heavy atom. The Hall–Kier alpha value is -15.1. The molecule has 24 nitrogen and oxygen atoms in total. The fourth-order valence-corrected chi connectivity index (χ4v) is 13.2. The molecule has 0 unspecified atom stereocenters. The van der Waals surface area contributed by atoms with Crippen LogP contribution in [0, 0.1) is 34.6 Å². The zero-order valence-corrected chi connectivity index (χ0v) is 72.9.